The van der Waals surface area contributed by atoms with Gasteiger partial charge >= 0.3 is 12.1 Å². The van der Waals surface area contributed by atoms with Gasteiger partial charge in [-0.15, -0.1) is 0 Å². The topological polar surface area (TPSA) is 145 Å². The predicted octanol–water partition coefficient (Wildman–Crippen LogP) is 0.297. The number of esters is 1. The number of carbonyl (C=O) groups is 3. The zero-order valence-electron chi connectivity index (χ0n) is 15.3. The van der Waals surface area contributed by atoms with Crippen LogP contribution in [0.4, 0.5) is 13.2 Å². The fraction of sp³-hybridized carbons (Fsp3) is 0.438. The molecule has 4 N–H and O–H groups in total. The number of ether oxygens (including phenoxy) is 1. The number of nitrogens with two attached hydrogens (primary N) is 1. The Labute approximate surface area is 164 Å². The van der Waals surface area contributed by atoms with Crippen molar-refractivity contribution in [1.82, 2.24) is 10.0 Å². The summed E-state index contributed by atoms with van der Waals surface area (Å²) in [5.74, 6) is -2.59. The van der Waals surface area contributed by atoms with Crippen molar-refractivity contribution in [3.8, 4) is 0 Å². The van der Waals surface area contributed by atoms with Crippen molar-refractivity contribution in [2.45, 2.75) is 36.9 Å². The van der Waals surface area contributed by atoms with E-state index in [0.717, 1.165) is 12.1 Å². The number of carbonyl (C=O) groups excluding carboxylic acids is 3. The molecule has 13 heteroatoms. The molecule has 0 aliphatic heterocycles. The Morgan fingerprint density at radius 1 is 1.24 bits per heavy atom. The number of alkyl halides is 3. The number of nitrogens with one attached hydrogen (secondary N) is 2. The molecule has 162 valence electrons. The molecule has 0 spiro atoms. The van der Waals surface area contributed by atoms with Gasteiger partial charge in [0.05, 0.1) is 17.1 Å². The summed E-state index contributed by atoms with van der Waals surface area (Å²) in [5, 5.41) is 2.13. The molecule has 1 atom stereocenters. The van der Waals surface area contributed by atoms with Gasteiger partial charge in [-0.3, -0.25) is 14.4 Å². The molecule has 0 fully saturated rings. The van der Waals surface area contributed by atoms with Gasteiger partial charge in [0, 0.05) is 6.42 Å². The van der Waals surface area contributed by atoms with Crippen LogP contribution in [0.1, 0.15) is 25.3 Å². The largest absolute Gasteiger partial charge is 0.465 e. The van der Waals surface area contributed by atoms with Gasteiger partial charge in [-0.1, -0.05) is 6.07 Å². The van der Waals surface area contributed by atoms with Crippen molar-refractivity contribution in [2.24, 2.45) is 5.73 Å². The van der Waals surface area contributed by atoms with Gasteiger partial charge in [-0.25, -0.2) is 8.42 Å². The third kappa shape index (κ3) is 8.07. The lowest BCUT2D eigenvalue weighted by Gasteiger charge is -2.18. The van der Waals surface area contributed by atoms with E-state index in [1.807, 2.05) is 4.72 Å². The lowest BCUT2D eigenvalue weighted by Crippen LogP contribution is -2.48. The summed E-state index contributed by atoms with van der Waals surface area (Å²) >= 11 is 0. The quantitative estimate of drug-likeness (QED) is 0.447. The van der Waals surface area contributed by atoms with Crippen LogP contribution in [0.15, 0.2) is 29.2 Å². The van der Waals surface area contributed by atoms with Crippen molar-refractivity contribution < 1.29 is 40.7 Å². The van der Waals surface area contributed by atoms with Crippen LogP contribution >= 0.6 is 0 Å². The minimum Gasteiger partial charge on any atom is -0.465 e. The van der Waals surface area contributed by atoms with Gasteiger partial charge in [-0.2, -0.15) is 17.9 Å². The number of hydrogen-bond acceptors (Lipinski definition) is 6. The van der Waals surface area contributed by atoms with Crippen LogP contribution in [0.2, 0.25) is 0 Å². The Balaban J connectivity index is 3.03. The maximum Gasteiger partial charge on any atom is 0.416 e. The average Bonchev–Trinajstić information content (AvgIpc) is 2.62. The molecule has 0 heterocycles. The molecule has 0 aliphatic carbocycles. The van der Waals surface area contributed by atoms with Crippen molar-refractivity contribution in [3.05, 3.63) is 29.8 Å². The van der Waals surface area contributed by atoms with Gasteiger partial charge in [0.2, 0.25) is 21.8 Å². The molecule has 1 aromatic carbocycles. The summed E-state index contributed by atoms with van der Waals surface area (Å²) in [4.78, 5) is 33.8. The average molecular weight is 439 g/mol. The van der Waals surface area contributed by atoms with Crippen LogP contribution in [0.3, 0.4) is 0 Å². The summed E-state index contributed by atoms with van der Waals surface area (Å²) in [6.45, 7) is 1.03. The Morgan fingerprint density at radius 2 is 1.90 bits per heavy atom. The van der Waals surface area contributed by atoms with Gasteiger partial charge in [0.1, 0.15) is 12.6 Å². The van der Waals surface area contributed by atoms with E-state index < -0.39 is 57.0 Å². The zero-order valence-corrected chi connectivity index (χ0v) is 16.1. The normalized spacial score (nSPS) is 12.8. The molecule has 9 nitrogen and oxygen atoms in total. The maximum atomic E-state index is 12.8. The van der Waals surface area contributed by atoms with Crippen molar-refractivity contribution in [1.29, 1.82) is 0 Å². The highest BCUT2D eigenvalue weighted by atomic mass is 32.2. The van der Waals surface area contributed by atoms with Crippen LogP contribution in [0.25, 0.3) is 0 Å². The second-order valence-corrected chi connectivity index (χ2v) is 7.44. The molecule has 1 aromatic rings. The first-order valence-electron chi connectivity index (χ1n) is 8.28. The summed E-state index contributed by atoms with van der Waals surface area (Å²) in [6.07, 6.45) is -5.53. The van der Waals surface area contributed by atoms with E-state index in [4.69, 9.17) is 5.73 Å². The van der Waals surface area contributed by atoms with E-state index in [-0.39, 0.29) is 19.4 Å². The first kappa shape index (κ1) is 24.4. The third-order valence-corrected chi connectivity index (χ3v) is 4.95. The monoisotopic (exact) mass is 439 g/mol. The molecule has 29 heavy (non-hydrogen) atoms. The molecule has 1 unspecified atom stereocenters. The Bertz CT molecular complexity index is 858. The molecular weight excluding hydrogens is 419 g/mol. The van der Waals surface area contributed by atoms with Gasteiger partial charge in [0.25, 0.3) is 0 Å². The Morgan fingerprint density at radius 3 is 2.45 bits per heavy atom. The predicted molar refractivity (Wildman–Crippen MR) is 93.6 cm³/mol. The first-order valence-corrected chi connectivity index (χ1v) is 9.76. The highest BCUT2D eigenvalue weighted by Gasteiger charge is 2.33. The van der Waals surface area contributed by atoms with E-state index in [1.54, 1.807) is 6.92 Å². The van der Waals surface area contributed by atoms with Crippen LogP contribution in [-0.2, 0) is 35.3 Å². The second kappa shape index (κ2) is 10.2. The van der Waals surface area contributed by atoms with Crippen LogP contribution in [0, 0.1) is 0 Å². The van der Waals surface area contributed by atoms with E-state index in [9.17, 15) is 36.0 Å². The van der Waals surface area contributed by atoms with Crippen molar-refractivity contribution in [2.75, 3.05) is 13.2 Å². The van der Waals surface area contributed by atoms with Gasteiger partial charge < -0.3 is 15.8 Å². The SMILES string of the molecule is CCOC(=O)CNC(=O)C(CCC(N)=O)NS(=O)(=O)c1cccc(C(F)(F)F)c1. The summed E-state index contributed by atoms with van der Waals surface area (Å²) in [7, 11) is -4.56. The van der Waals surface area contributed by atoms with E-state index in [0.29, 0.717) is 12.1 Å². The van der Waals surface area contributed by atoms with Crippen LogP contribution < -0.4 is 15.8 Å². The lowest BCUT2D eigenvalue weighted by atomic mass is 10.1. The molecule has 1 rings (SSSR count). The second-order valence-electron chi connectivity index (χ2n) is 5.73. The summed E-state index contributed by atoms with van der Waals surface area (Å²) in [6, 6.07) is 1.35. The molecule has 0 aliphatic rings. The smallest absolute Gasteiger partial charge is 0.416 e. The zero-order chi connectivity index (χ0) is 22.2. The molecular formula is C16H20F3N3O6S. The molecule has 0 aromatic heterocycles. The van der Waals surface area contributed by atoms with Gasteiger partial charge in [-0.05, 0) is 31.5 Å². The van der Waals surface area contributed by atoms with E-state index in [1.165, 1.54) is 0 Å². The number of halogens is 3. The first-order chi connectivity index (χ1) is 13.4. The number of primary amides is 1. The van der Waals surface area contributed by atoms with Crippen LogP contribution in [-0.4, -0.2) is 45.4 Å². The molecule has 0 bridgehead atoms. The van der Waals surface area contributed by atoms with Crippen molar-refractivity contribution >= 4 is 27.8 Å². The summed E-state index contributed by atoms with van der Waals surface area (Å²) < 4.78 is 69.9. The summed E-state index contributed by atoms with van der Waals surface area (Å²) in [5.41, 5.74) is 3.80. The van der Waals surface area contributed by atoms with E-state index >= 15 is 0 Å². The number of amides is 2. The van der Waals surface area contributed by atoms with E-state index in [2.05, 4.69) is 10.1 Å². The number of rotatable bonds is 10. The number of sulfonamides is 1. The third-order valence-electron chi connectivity index (χ3n) is 3.48. The minimum absolute atomic E-state index is 0.0575. The standard InChI is InChI=1S/C16H20F3N3O6S/c1-2-28-14(24)9-21-15(25)12(6-7-13(20)23)22-29(26,27)11-5-3-4-10(8-11)16(17,18)19/h3-5,8,12,22H,2,6-7,9H2,1H3,(H2,20,23)(H,21,25). The van der Waals surface area contributed by atoms with Crippen molar-refractivity contribution in [3.63, 3.8) is 0 Å². The van der Waals surface area contributed by atoms with Crippen LogP contribution in [0.5, 0.6) is 0 Å². The molecule has 0 saturated heterocycles. The fourth-order valence-electron chi connectivity index (χ4n) is 2.12. The fourth-order valence-corrected chi connectivity index (χ4v) is 3.39. The molecule has 0 saturated carbocycles. The van der Waals surface area contributed by atoms with Gasteiger partial charge in [0.15, 0.2) is 0 Å². The number of hydrogen-bond donors (Lipinski definition) is 3. The Kier molecular flexibility index (Phi) is 8.58. The Hall–Kier alpha value is -2.67. The highest BCUT2D eigenvalue weighted by molar-refractivity contribution is 7.89. The lowest BCUT2D eigenvalue weighted by molar-refractivity contribution is -0.143. The molecule has 0 radical (unpaired) electrons. The highest BCUT2D eigenvalue weighted by Crippen LogP contribution is 2.30. The number of benzene rings is 1. The maximum absolute atomic E-state index is 12.8. The molecule has 2 amide bonds. The minimum atomic E-state index is -4.77.